The molecule has 23 heavy (non-hydrogen) atoms. The van der Waals surface area contributed by atoms with Crippen molar-refractivity contribution in [3.63, 3.8) is 0 Å². The van der Waals surface area contributed by atoms with E-state index in [1.807, 2.05) is 27.7 Å². The van der Waals surface area contributed by atoms with Crippen molar-refractivity contribution in [2.45, 2.75) is 65.6 Å². The molecule has 0 radical (unpaired) electrons. The molecule has 1 aliphatic carbocycles. The monoisotopic (exact) mass is 318 g/mol. The van der Waals surface area contributed by atoms with Crippen molar-refractivity contribution >= 4 is 6.09 Å². The molecule has 2 atom stereocenters. The van der Waals surface area contributed by atoms with Gasteiger partial charge >= 0.3 is 6.09 Å². The summed E-state index contributed by atoms with van der Waals surface area (Å²) in [5.41, 5.74) is 2.50. The number of nitrogens with one attached hydrogen (secondary N) is 2. The molecule has 1 aliphatic rings. The molecule has 1 aromatic rings. The SMILES string of the molecule is CC(CNC1c2ccccc2CC1(C)C)NC(=O)OC(C)(C)C. The van der Waals surface area contributed by atoms with Crippen LogP contribution in [-0.4, -0.2) is 24.3 Å². The molecule has 1 aromatic carbocycles. The van der Waals surface area contributed by atoms with Gasteiger partial charge in [-0.2, -0.15) is 0 Å². The molecule has 0 saturated carbocycles. The molecule has 2 rings (SSSR count). The van der Waals surface area contributed by atoms with Gasteiger partial charge in [0.25, 0.3) is 0 Å². The lowest BCUT2D eigenvalue weighted by Gasteiger charge is -2.30. The molecule has 4 nitrogen and oxygen atoms in total. The van der Waals surface area contributed by atoms with Gasteiger partial charge in [0, 0.05) is 18.6 Å². The maximum atomic E-state index is 11.8. The predicted octanol–water partition coefficient (Wildman–Crippen LogP) is 3.81. The highest BCUT2D eigenvalue weighted by Gasteiger charge is 2.38. The third kappa shape index (κ3) is 4.71. The first-order valence-corrected chi connectivity index (χ1v) is 8.39. The van der Waals surface area contributed by atoms with Gasteiger partial charge in [0.15, 0.2) is 0 Å². The summed E-state index contributed by atoms with van der Waals surface area (Å²) in [6.45, 7) is 12.9. The summed E-state index contributed by atoms with van der Waals surface area (Å²) < 4.78 is 5.30. The van der Waals surface area contributed by atoms with Crippen molar-refractivity contribution < 1.29 is 9.53 Å². The number of hydrogen-bond acceptors (Lipinski definition) is 3. The highest BCUT2D eigenvalue weighted by molar-refractivity contribution is 5.68. The third-order valence-electron chi connectivity index (χ3n) is 4.18. The lowest BCUT2D eigenvalue weighted by Crippen LogP contribution is -2.44. The normalized spacial score (nSPS) is 20.7. The number of ether oxygens (including phenoxy) is 1. The Morgan fingerprint density at radius 1 is 1.35 bits per heavy atom. The predicted molar refractivity (Wildman–Crippen MR) is 93.5 cm³/mol. The Labute approximate surface area is 140 Å². The zero-order valence-corrected chi connectivity index (χ0v) is 15.2. The van der Waals surface area contributed by atoms with Crippen LogP contribution in [0.25, 0.3) is 0 Å². The van der Waals surface area contributed by atoms with Gasteiger partial charge in [-0.1, -0.05) is 38.1 Å². The second-order valence-electron chi connectivity index (χ2n) is 8.25. The van der Waals surface area contributed by atoms with Crippen LogP contribution in [0.5, 0.6) is 0 Å². The highest BCUT2D eigenvalue weighted by atomic mass is 16.6. The standard InChI is InChI=1S/C19H30N2O2/c1-13(21-17(22)23-18(2,3)4)12-20-16-15-10-8-7-9-14(15)11-19(16,5)6/h7-10,13,16,20H,11-12H2,1-6H3,(H,21,22). The van der Waals surface area contributed by atoms with Crippen molar-refractivity contribution in [3.8, 4) is 0 Å². The first kappa shape index (κ1) is 17.8. The molecular weight excluding hydrogens is 288 g/mol. The number of alkyl carbamates (subject to hydrolysis) is 1. The van der Waals surface area contributed by atoms with Crippen molar-refractivity contribution in [3.05, 3.63) is 35.4 Å². The van der Waals surface area contributed by atoms with Crippen LogP contribution in [0.2, 0.25) is 0 Å². The molecule has 2 N–H and O–H groups in total. The minimum atomic E-state index is -0.469. The number of benzene rings is 1. The maximum absolute atomic E-state index is 11.8. The summed E-state index contributed by atoms with van der Waals surface area (Å²) >= 11 is 0. The average molecular weight is 318 g/mol. The molecule has 0 bridgehead atoms. The van der Waals surface area contributed by atoms with Gasteiger partial charge in [0.1, 0.15) is 5.60 Å². The topological polar surface area (TPSA) is 50.4 Å². The van der Waals surface area contributed by atoms with Crippen molar-refractivity contribution in [1.29, 1.82) is 0 Å². The van der Waals surface area contributed by atoms with E-state index in [0.717, 1.165) is 6.42 Å². The maximum Gasteiger partial charge on any atom is 0.407 e. The zero-order chi connectivity index (χ0) is 17.3. The molecule has 0 saturated heterocycles. The van der Waals surface area contributed by atoms with Gasteiger partial charge in [-0.25, -0.2) is 4.79 Å². The van der Waals surface area contributed by atoms with Crippen molar-refractivity contribution in [1.82, 2.24) is 10.6 Å². The Hall–Kier alpha value is -1.55. The Balaban J connectivity index is 1.91. The minimum absolute atomic E-state index is 0.00779. The number of fused-ring (bicyclic) bond motifs is 1. The summed E-state index contributed by atoms with van der Waals surface area (Å²) in [6.07, 6.45) is 0.715. The summed E-state index contributed by atoms with van der Waals surface area (Å²) in [4.78, 5) is 11.8. The molecule has 4 heteroatoms. The Bertz CT molecular complexity index is 561. The molecule has 0 fully saturated rings. The van der Waals surface area contributed by atoms with Gasteiger partial charge in [-0.3, -0.25) is 0 Å². The fourth-order valence-corrected chi connectivity index (χ4v) is 3.23. The van der Waals surface area contributed by atoms with Crippen LogP contribution in [0.15, 0.2) is 24.3 Å². The van der Waals surface area contributed by atoms with E-state index < -0.39 is 5.60 Å². The number of carbonyl (C=O) groups is 1. The zero-order valence-electron chi connectivity index (χ0n) is 15.2. The highest BCUT2D eigenvalue weighted by Crippen LogP contribution is 2.44. The third-order valence-corrected chi connectivity index (χ3v) is 4.18. The van der Waals surface area contributed by atoms with Gasteiger partial charge in [-0.15, -0.1) is 0 Å². The fraction of sp³-hybridized carbons (Fsp3) is 0.632. The number of carbonyl (C=O) groups excluding carboxylic acids is 1. The van der Waals surface area contributed by atoms with E-state index >= 15 is 0 Å². The summed E-state index contributed by atoms with van der Waals surface area (Å²) in [5, 5.41) is 6.51. The van der Waals surface area contributed by atoms with Gasteiger partial charge < -0.3 is 15.4 Å². The quantitative estimate of drug-likeness (QED) is 0.887. The Kier molecular flexibility index (Phi) is 5.04. The lowest BCUT2D eigenvalue weighted by atomic mass is 9.85. The smallest absolute Gasteiger partial charge is 0.407 e. The average Bonchev–Trinajstić information content (AvgIpc) is 2.63. The van der Waals surface area contributed by atoms with Crippen LogP contribution < -0.4 is 10.6 Å². The Morgan fingerprint density at radius 3 is 2.65 bits per heavy atom. The molecule has 0 aromatic heterocycles. The largest absolute Gasteiger partial charge is 0.444 e. The van der Waals surface area contributed by atoms with Crippen molar-refractivity contribution in [2.75, 3.05) is 6.54 Å². The first-order chi connectivity index (χ1) is 10.6. The van der Waals surface area contributed by atoms with E-state index in [4.69, 9.17) is 4.74 Å². The van der Waals surface area contributed by atoms with E-state index in [2.05, 4.69) is 48.7 Å². The first-order valence-electron chi connectivity index (χ1n) is 8.39. The van der Waals surface area contributed by atoms with Gasteiger partial charge in [0.05, 0.1) is 0 Å². The van der Waals surface area contributed by atoms with Crippen LogP contribution in [0.3, 0.4) is 0 Å². The summed E-state index contributed by atoms with van der Waals surface area (Å²) in [5.74, 6) is 0. The molecule has 2 unspecified atom stereocenters. The van der Waals surface area contributed by atoms with E-state index in [9.17, 15) is 4.79 Å². The van der Waals surface area contributed by atoms with Crippen LogP contribution in [-0.2, 0) is 11.2 Å². The van der Waals surface area contributed by atoms with E-state index in [1.165, 1.54) is 11.1 Å². The molecule has 128 valence electrons. The molecular formula is C19H30N2O2. The number of amides is 1. The second-order valence-corrected chi connectivity index (χ2v) is 8.25. The van der Waals surface area contributed by atoms with E-state index in [1.54, 1.807) is 0 Å². The number of hydrogen-bond donors (Lipinski definition) is 2. The van der Waals surface area contributed by atoms with Crippen LogP contribution in [0, 0.1) is 5.41 Å². The molecule has 1 amide bonds. The molecule has 0 spiro atoms. The Morgan fingerprint density at radius 2 is 2.00 bits per heavy atom. The van der Waals surface area contributed by atoms with Crippen LogP contribution in [0.1, 0.15) is 58.7 Å². The number of rotatable bonds is 4. The molecule has 0 aliphatic heterocycles. The lowest BCUT2D eigenvalue weighted by molar-refractivity contribution is 0.0506. The van der Waals surface area contributed by atoms with Crippen LogP contribution in [0.4, 0.5) is 4.79 Å². The van der Waals surface area contributed by atoms with Crippen molar-refractivity contribution in [2.24, 2.45) is 5.41 Å². The second kappa shape index (κ2) is 6.52. The van der Waals surface area contributed by atoms with Gasteiger partial charge in [-0.05, 0) is 50.7 Å². The summed E-state index contributed by atoms with van der Waals surface area (Å²) in [7, 11) is 0. The molecule has 0 heterocycles. The van der Waals surface area contributed by atoms with Crippen LogP contribution >= 0.6 is 0 Å². The fourth-order valence-electron chi connectivity index (χ4n) is 3.23. The minimum Gasteiger partial charge on any atom is -0.444 e. The van der Waals surface area contributed by atoms with E-state index in [-0.39, 0.29) is 17.6 Å². The van der Waals surface area contributed by atoms with E-state index in [0.29, 0.717) is 12.6 Å². The van der Waals surface area contributed by atoms with Gasteiger partial charge in [0.2, 0.25) is 0 Å². The summed E-state index contributed by atoms with van der Waals surface area (Å²) in [6, 6.07) is 8.92.